The Balaban J connectivity index is 1.65. The summed E-state index contributed by atoms with van der Waals surface area (Å²) in [5.74, 6) is 0.418. The molecule has 3 rings (SSSR count). The Kier molecular flexibility index (Phi) is 8.11. The van der Waals surface area contributed by atoms with Gasteiger partial charge >= 0.3 is 0 Å². The molecule has 33 heavy (non-hydrogen) atoms. The Morgan fingerprint density at radius 3 is 2.48 bits per heavy atom. The quantitative estimate of drug-likeness (QED) is 0.458. The lowest BCUT2D eigenvalue weighted by Crippen LogP contribution is -2.28. The van der Waals surface area contributed by atoms with Gasteiger partial charge in [0.1, 0.15) is 12.4 Å². The van der Waals surface area contributed by atoms with Crippen molar-refractivity contribution in [2.24, 2.45) is 5.92 Å². The molecule has 3 aromatic rings. The Hall–Kier alpha value is -3.32. The zero-order valence-corrected chi connectivity index (χ0v) is 20.1. The van der Waals surface area contributed by atoms with E-state index in [1.54, 1.807) is 29.1 Å². The van der Waals surface area contributed by atoms with Crippen molar-refractivity contribution >= 4 is 29.1 Å². The number of benzene rings is 2. The van der Waals surface area contributed by atoms with Crippen LogP contribution in [0, 0.1) is 12.8 Å². The van der Waals surface area contributed by atoms with Gasteiger partial charge in [0, 0.05) is 29.9 Å². The normalized spacial score (nSPS) is 10.8. The number of amides is 2. The minimum absolute atomic E-state index is 0.203. The van der Waals surface area contributed by atoms with E-state index in [0.29, 0.717) is 41.9 Å². The first-order chi connectivity index (χ1) is 15.8. The second-order valence-electron chi connectivity index (χ2n) is 8.20. The van der Waals surface area contributed by atoms with Crippen molar-refractivity contribution < 1.29 is 14.3 Å². The van der Waals surface area contributed by atoms with Crippen molar-refractivity contribution in [2.75, 3.05) is 11.9 Å². The second-order valence-corrected chi connectivity index (χ2v) is 8.61. The van der Waals surface area contributed by atoms with E-state index < -0.39 is 0 Å². The fourth-order valence-corrected chi connectivity index (χ4v) is 3.16. The van der Waals surface area contributed by atoms with Crippen molar-refractivity contribution in [3.05, 3.63) is 76.1 Å². The highest BCUT2D eigenvalue weighted by atomic mass is 35.5. The van der Waals surface area contributed by atoms with Gasteiger partial charge in [-0.2, -0.15) is 5.10 Å². The van der Waals surface area contributed by atoms with E-state index in [1.165, 1.54) is 0 Å². The lowest BCUT2D eigenvalue weighted by atomic mass is 10.1. The highest BCUT2D eigenvalue weighted by molar-refractivity contribution is 6.31. The van der Waals surface area contributed by atoms with Crippen LogP contribution in [0.5, 0.6) is 5.75 Å². The zero-order valence-electron chi connectivity index (χ0n) is 19.3. The second kappa shape index (κ2) is 11.0. The Labute approximate surface area is 199 Å². The molecule has 0 bridgehead atoms. The molecule has 2 amide bonds. The molecule has 8 heteroatoms. The summed E-state index contributed by atoms with van der Waals surface area (Å²) < 4.78 is 7.43. The minimum atomic E-state index is -0.315. The molecule has 2 N–H and O–H groups in total. The van der Waals surface area contributed by atoms with Gasteiger partial charge in [0.25, 0.3) is 11.8 Å². The van der Waals surface area contributed by atoms with Crippen molar-refractivity contribution in [3.63, 3.8) is 0 Å². The molecule has 0 fully saturated rings. The average molecular weight is 469 g/mol. The number of halogens is 1. The van der Waals surface area contributed by atoms with Crippen molar-refractivity contribution in [1.29, 1.82) is 0 Å². The van der Waals surface area contributed by atoms with E-state index in [4.69, 9.17) is 16.3 Å². The van der Waals surface area contributed by atoms with Crippen molar-refractivity contribution in [1.82, 2.24) is 15.1 Å². The van der Waals surface area contributed by atoms with E-state index in [9.17, 15) is 9.59 Å². The van der Waals surface area contributed by atoms with Crippen LogP contribution in [-0.4, -0.2) is 28.1 Å². The lowest BCUT2D eigenvalue weighted by molar-refractivity contribution is 0.0944. The average Bonchev–Trinajstić information content (AvgIpc) is 3.21. The largest absolute Gasteiger partial charge is 0.489 e. The van der Waals surface area contributed by atoms with Gasteiger partial charge in [-0.05, 0) is 61.2 Å². The number of nitrogens with one attached hydrogen (secondary N) is 2. The van der Waals surface area contributed by atoms with Crippen molar-refractivity contribution in [3.8, 4) is 5.75 Å². The number of rotatable bonds is 9. The molecule has 0 saturated heterocycles. The molecule has 0 radical (unpaired) electrons. The van der Waals surface area contributed by atoms with Gasteiger partial charge in [-0.25, -0.2) is 0 Å². The summed E-state index contributed by atoms with van der Waals surface area (Å²) >= 11 is 6.05. The molecule has 0 unspecified atom stereocenters. The lowest BCUT2D eigenvalue weighted by Gasteiger charge is -2.09. The third kappa shape index (κ3) is 6.58. The monoisotopic (exact) mass is 468 g/mol. The van der Waals surface area contributed by atoms with Gasteiger partial charge in [-0.15, -0.1) is 0 Å². The first kappa shape index (κ1) is 24.3. The SMILES string of the molecule is CCn1cc(NC(=O)c2ccc(COc3ccc(Cl)c(C)c3)cc2)c(C(=O)NCC(C)C)n1. The van der Waals surface area contributed by atoms with Gasteiger partial charge in [0.2, 0.25) is 0 Å². The van der Waals surface area contributed by atoms with E-state index in [-0.39, 0.29) is 17.5 Å². The van der Waals surface area contributed by atoms with Gasteiger partial charge < -0.3 is 15.4 Å². The zero-order chi connectivity index (χ0) is 24.0. The van der Waals surface area contributed by atoms with Gasteiger partial charge in [0.15, 0.2) is 5.69 Å². The van der Waals surface area contributed by atoms with Crippen molar-refractivity contribution in [2.45, 2.75) is 40.8 Å². The van der Waals surface area contributed by atoms with Crippen LogP contribution in [0.2, 0.25) is 5.02 Å². The number of carbonyl (C=O) groups is 2. The van der Waals surface area contributed by atoms with Crippen LogP contribution in [-0.2, 0) is 13.2 Å². The predicted octanol–water partition coefficient (Wildman–Crippen LogP) is 5.08. The van der Waals surface area contributed by atoms with Crippen LogP contribution in [0.3, 0.4) is 0 Å². The Morgan fingerprint density at radius 2 is 1.85 bits per heavy atom. The number of carbonyl (C=O) groups excluding carboxylic acids is 2. The fraction of sp³-hybridized carbons (Fsp3) is 0.320. The first-order valence-electron chi connectivity index (χ1n) is 10.9. The maximum Gasteiger partial charge on any atom is 0.273 e. The van der Waals surface area contributed by atoms with Crippen LogP contribution in [0.4, 0.5) is 5.69 Å². The molecule has 2 aromatic carbocycles. The van der Waals surface area contributed by atoms with Gasteiger partial charge in [0.05, 0.1) is 5.69 Å². The minimum Gasteiger partial charge on any atom is -0.489 e. The molecule has 0 aliphatic rings. The van der Waals surface area contributed by atoms with Gasteiger partial charge in [-0.3, -0.25) is 14.3 Å². The molecule has 174 valence electrons. The summed E-state index contributed by atoms with van der Waals surface area (Å²) in [6.07, 6.45) is 1.67. The number of hydrogen-bond acceptors (Lipinski definition) is 4. The Morgan fingerprint density at radius 1 is 1.12 bits per heavy atom. The van der Waals surface area contributed by atoms with E-state index >= 15 is 0 Å². The molecule has 0 spiro atoms. The maximum atomic E-state index is 12.8. The number of anilines is 1. The molecular weight excluding hydrogens is 440 g/mol. The number of hydrogen-bond donors (Lipinski definition) is 2. The topological polar surface area (TPSA) is 85.2 Å². The molecule has 0 aliphatic carbocycles. The molecule has 1 heterocycles. The standard InChI is InChI=1S/C25H29ClN4O3/c1-5-30-14-22(23(29-30)25(32)27-13-16(2)3)28-24(31)19-8-6-18(7-9-19)15-33-20-10-11-21(26)17(4)12-20/h6-12,14,16H,5,13,15H2,1-4H3,(H,27,32)(H,28,31). The number of ether oxygens (including phenoxy) is 1. The van der Waals surface area contributed by atoms with E-state index in [0.717, 1.165) is 16.9 Å². The van der Waals surface area contributed by atoms with Crippen LogP contribution >= 0.6 is 11.6 Å². The predicted molar refractivity (Wildman–Crippen MR) is 130 cm³/mol. The summed E-state index contributed by atoms with van der Waals surface area (Å²) in [7, 11) is 0. The van der Waals surface area contributed by atoms with E-state index in [1.807, 2.05) is 52.0 Å². The van der Waals surface area contributed by atoms with Crippen LogP contribution in [0.1, 0.15) is 52.7 Å². The molecule has 0 saturated carbocycles. The third-order valence-electron chi connectivity index (χ3n) is 4.97. The van der Waals surface area contributed by atoms with Crippen LogP contribution < -0.4 is 15.4 Å². The summed E-state index contributed by atoms with van der Waals surface area (Å²) in [4.78, 5) is 25.3. The van der Waals surface area contributed by atoms with Gasteiger partial charge in [-0.1, -0.05) is 37.6 Å². The molecule has 1 aromatic heterocycles. The molecule has 0 aliphatic heterocycles. The highest BCUT2D eigenvalue weighted by Crippen LogP contribution is 2.22. The van der Waals surface area contributed by atoms with Crippen LogP contribution in [0.15, 0.2) is 48.7 Å². The van der Waals surface area contributed by atoms with E-state index in [2.05, 4.69) is 15.7 Å². The molecule has 0 atom stereocenters. The highest BCUT2D eigenvalue weighted by Gasteiger charge is 2.19. The summed E-state index contributed by atoms with van der Waals surface area (Å²) in [5, 5.41) is 10.6. The Bertz CT molecular complexity index is 1120. The molecule has 7 nitrogen and oxygen atoms in total. The molecular formula is C25H29ClN4O3. The number of aryl methyl sites for hydroxylation is 2. The van der Waals surface area contributed by atoms with Crippen LogP contribution in [0.25, 0.3) is 0 Å². The number of aromatic nitrogens is 2. The summed E-state index contributed by atoms with van der Waals surface area (Å²) in [6.45, 7) is 9.35. The smallest absolute Gasteiger partial charge is 0.273 e. The summed E-state index contributed by atoms with van der Waals surface area (Å²) in [5.41, 5.74) is 2.93. The third-order valence-corrected chi connectivity index (χ3v) is 5.39. The first-order valence-corrected chi connectivity index (χ1v) is 11.3. The fourth-order valence-electron chi connectivity index (χ4n) is 3.04. The maximum absolute atomic E-state index is 12.8. The summed E-state index contributed by atoms with van der Waals surface area (Å²) in [6, 6.07) is 12.6. The number of nitrogens with zero attached hydrogens (tertiary/aromatic N) is 2.